The molecule has 2 aromatic rings. The summed E-state index contributed by atoms with van der Waals surface area (Å²) in [5, 5.41) is 6.87. The quantitative estimate of drug-likeness (QED) is 0.586. The van der Waals surface area contributed by atoms with E-state index in [4.69, 9.17) is 4.74 Å². The summed E-state index contributed by atoms with van der Waals surface area (Å²) in [6, 6.07) is 17.4. The number of aryl methyl sites for hydroxylation is 1. The largest absolute Gasteiger partial charge is 0.489 e. The molecule has 0 spiro atoms. The van der Waals surface area contributed by atoms with Gasteiger partial charge in [0.05, 0.1) is 0 Å². The molecular formula is C22H32N2O. The van der Waals surface area contributed by atoms with E-state index >= 15 is 0 Å². The van der Waals surface area contributed by atoms with Crippen LogP contribution >= 0.6 is 0 Å². The first-order valence-electron chi connectivity index (χ1n) is 9.39. The molecule has 1 unspecified atom stereocenters. The second-order valence-electron chi connectivity index (χ2n) is 6.54. The molecule has 0 saturated carbocycles. The summed E-state index contributed by atoms with van der Waals surface area (Å²) < 4.78 is 5.95. The van der Waals surface area contributed by atoms with E-state index < -0.39 is 0 Å². The van der Waals surface area contributed by atoms with Crippen molar-refractivity contribution in [3.63, 3.8) is 0 Å². The second-order valence-corrected chi connectivity index (χ2v) is 6.54. The molecule has 0 saturated heterocycles. The molecule has 0 amide bonds. The Kier molecular flexibility index (Phi) is 8.50. The summed E-state index contributed by atoms with van der Waals surface area (Å²) in [5.74, 6) is 0.928. The van der Waals surface area contributed by atoms with Gasteiger partial charge in [-0.1, -0.05) is 49.7 Å². The molecule has 0 fully saturated rings. The van der Waals surface area contributed by atoms with E-state index in [0.717, 1.165) is 31.7 Å². The van der Waals surface area contributed by atoms with Gasteiger partial charge in [0.25, 0.3) is 0 Å². The van der Waals surface area contributed by atoms with Crippen LogP contribution < -0.4 is 15.4 Å². The van der Waals surface area contributed by atoms with Gasteiger partial charge >= 0.3 is 0 Å². The Hall–Kier alpha value is -1.84. The summed E-state index contributed by atoms with van der Waals surface area (Å²) >= 11 is 0. The van der Waals surface area contributed by atoms with Gasteiger partial charge in [-0.3, -0.25) is 0 Å². The van der Waals surface area contributed by atoms with Gasteiger partial charge in [-0.15, -0.1) is 0 Å². The van der Waals surface area contributed by atoms with E-state index in [-0.39, 0.29) is 0 Å². The molecule has 0 bridgehead atoms. The molecule has 136 valence electrons. The fourth-order valence-corrected chi connectivity index (χ4v) is 2.95. The van der Waals surface area contributed by atoms with Crippen molar-refractivity contribution in [2.45, 2.75) is 45.8 Å². The van der Waals surface area contributed by atoms with Crippen LogP contribution in [0.15, 0.2) is 48.5 Å². The van der Waals surface area contributed by atoms with Gasteiger partial charge in [-0.05, 0) is 68.7 Å². The average molecular weight is 341 g/mol. The van der Waals surface area contributed by atoms with E-state index in [0.29, 0.717) is 12.6 Å². The molecule has 0 aliphatic heterocycles. The Bertz CT molecular complexity index is 610. The van der Waals surface area contributed by atoms with Crippen LogP contribution in [0.5, 0.6) is 5.75 Å². The van der Waals surface area contributed by atoms with Crippen molar-refractivity contribution in [2.75, 3.05) is 20.1 Å². The van der Waals surface area contributed by atoms with Crippen molar-refractivity contribution in [2.24, 2.45) is 0 Å². The molecular weight excluding hydrogens is 308 g/mol. The lowest BCUT2D eigenvalue weighted by molar-refractivity contribution is 0.305. The number of rotatable bonds is 11. The Balaban J connectivity index is 1.91. The van der Waals surface area contributed by atoms with Crippen molar-refractivity contribution < 1.29 is 4.74 Å². The molecule has 2 aromatic carbocycles. The van der Waals surface area contributed by atoms with Crippen LogP contribution in [0.2, 0.25) is 0 Å². The highest BCUT2D eigenvalue weighted by atomic mass is 16.5. The monoisotopic (exact) mass is 340 g/mol. The van der Waals surface area contributed by atoms with Gasteiger partial charge in [0.1, 0.15) is 12.4 Å². The topological polar surface area (TPSA) is 33.3 Å². The summed E-state index contributed by atoms with van der Waals surface area (Å²) in [5.41, 5.74) is 3.85. The lowest BCUT2D eigenvalue weighted by Gasteiger charge is -2.19. The fourth-order valence-electron chi connectivity index (χ4n) is 2.95. The molecule has 1 atom stereocenters. The molecule has 0 radical (unpaired) electrons. The number of hydrogen-bond acceptors (Lipinski definition) is 3. The van der Waals surface area contributed by atoms with Crippen LogP contribution in [0.1, 0.15) is 48.9 Å². The molecule has 2 N–H and O–H groups in total. The van der Waals surface area contributed by atoms with Gasteiger partial charge in [0.2, 0.25) is 0 Å². The predicted octanol–water partition coefficient (Wildman–Crippen LogP) is 4.61. The summed E-state index contributed by atoms with van der Waals surface area (Å²) in [6.45, 7) is 7.07. The summed E-state index contributed by atoms with van der Waals surface area (Å²) in [6.07, 6.45) is 3.48. The first-order chi connectivity index (χ1) is 12.2. The zero-order valence-corrected chi connectivity index (χ0v) is 15.8. The number of benzene rings is 2. The first kappa shape index (κ1) is 19.5. The smallest absolute Gasteiger partial charge is 0.119 e. The molecule has 0 aliphatic rings. The molecule has 2 rings (SSSR count). The molecule has 25 heavy (non-hydrogen) atoms. The molecule has 3 nitrogen and oxygen atoms in total. The Labute approximate surface area is 152 Å². The molecule has 0 heterocycles. The predicted molar refractivity (Wildman–Crippen MR) is 106 cm³/mol. The van der Waals surface area contributed by atoms with Crippen LogP contribution in [0.4, 0.5) is 0 Å². The number of nitrogens with one attached hydrogen (secondary N) is 2. The maximum atomic E-state index is 5.95. The third-order valence-corrected chi connectivity index (χ3v) is 4.51. The zero-order chi connectivity index (χ0) is 17.9. The highest BCUT2D eigenvalue weighted by molar-refractivity contribution is 5.30. The number of ether oxygens (including phenoxy) is 1. The van der Waals surface area contributed by atoms with Crippen LogP contribution in [0, 0.1) is 6.92 Å². The van der Waals surface area contributed by atoms with Crippen LogP contribution in [-0.4, -0.2) is 20.1 Å². The normalized spacial score (nSPS) is 12.1. The summed E-state index contributed by atoms with van der Waals surface area (Å²) in [4.78, 5) is 0. The van der Waals surface area contributed by atoms with E-state index in [1.807, 2.05) is 7.05 Å². The van der Waals surface area contributed by atoms with Gasteiger partial charge in [-0.25, -0.2) is 0 Å². The van der Waals surface area contributed by atoms with Crippen molar-refractivity contribution in [3.8, 4) is 5.75 Å². The molecule has 3 heteroatoms. The Morgan fingerprint density at radius 3 is 2.44 bits per heavy atom. The third kappa shape index (κ3) is 6.52. The van der Waals surface area contributed by atoms with Gasteiger partial charge in [-0.2, -0.15) is 0 Å². The van der Waals surface area contributed by atoms with E-state index in [9.17, 15) is 0 Å². The van der Waals surface area contributed by atoms with Crippen molar-refractivity contribution in [1.82, 2.24) is 10.6 Å². The SMILES string of the molecule is CCCC(NCCCNC)c1ccc(OCc2ccccc2C)cc1. The van der Waals surface area contributed by atoms with Gasteiger partial charge in [0.15, 0.2) is 0 Å². The molecule has 0 aliphatic carbocycles. The average Bonchev–Trinajstić information content (AvgIpc) is 2.64. The Morgan fingerprint density at radius 2 is 1.76 bits per heavy atom. The molecule has 0 aromatic heterocycles. The zero-order valence-electron chi connectivity index (χ0n) is 15.8. The van der Waals surface area contributed by atoms with Crippen molar-refractivity contribution in [1.29, 1.82) is 0 Å². The lowest BCUT2D eigenvalue weighted by atomic mass is 10.0. The minimum atomic E-state index is 0.423. The van der Waals surface area contributed by atoms with Crippen molar-refractivity contribution >= 4 is 0 Å². The van der Waals surface area contributed by atoms with Gasteiger partial charge < -0.3 is 15.4 Å². The Morgan fingerprint density at radius 1 is 1.00 bits per heavy atom. The highest BCUT2D eigenvalue weighted by Gasteiger charge is 2.10. The van der Waals surface area contributed by atoms with E-state index in [1.54, 1.807) is 0 Å². The third-order valence-electron chi connectivity index (χ3n) is 4.51. The van der Waals surface area contributed by atoms with Crippen molar-refractivity contribution in [3.05, 3.63) is 65.2 Å². The fraction of sp³-hybridized carbons (Fsp3) is 0.455. The number of hydrogen-bond donors (Lipinski definition) is 2. The minimum Gasteiger partial charge on any atom is -0.489 e. The highest BCUT2D eigenvalue weighted by Crippen LogP contribution is 2.22. The van der Waals surface area contributed by atoms with Crippen LogP contribution in [0.3, 0.4) is 0 Å². The van der Waals surface area contributed by atoms with Gasteiger partial charge in [0, 0.05) is 6.04 Å². The summed E-state index contributed by atoms with van der Waals surface area (Å²) in [7, 11) is 2.00. The lowest BCUT2D eigenvalue weighted by Crippen LogP contribution is -2.24. The standard InChI is InChI=1S/C22H32N2O/c1-4-8-22(24-16-7-15-23-3)19-11-13-21(14-12-19)25-17-20-10-6-5-9-18(20)2/h5-6,9-14,22-24H,4,7-8,15-17H2,1-3H3. The van der Waals surface area contributed by atoms with Crippen LogP contribution in [-0.2, 0) is 6.61 Å². The minimum absolute atomic E-state index is 0.423. The second kappa shape index (κ2) is 10.9. The maximum Gasteiger partial charge on any atom is 0.119 e. The van der Waals surface area contributed by atoms with E-state index in [2.05, 4.69) is 73.0 Å². The van der Waals surface area contributed by atoms with Crippen LogP contribution in [0.25, 0.3) is 0 Å². The first-order valence-corrected chi connectivity index (χ1v) is 9.39. The maximum absolute atomic E-state index is 5.95. The van der Waals surface area contributed by atoms with E-state index in [1.165, 1.54) is 23.1 Å².